The van der Waals surface area contributed by atoms with Crippen molar-refractivity contribution in [2.24, 2.45) is 0 Å². The fraction of sp³-hybridized carbons (Fsp3) is 0.304. The Bertz CT molecular complexity index is 1080. The number of likely N-dealkylation sites (N-methyl/N-ethyl adjacent to an activating group) is 1. The Balaban J connectivity index is 1.54. The smallest absolute Gasteiger partial charge is 0.244 e. The molecule has 0 aliphatic carbocycles. The van der Waals surface area contributed by atoms with Gasteiger partial charge in [0.1, 0.15) is 23.1 Å². The molecule has 2 aromatic carbocycles. The van der Waals surface area contributed by atoms with Gasteiger partial charge in [-0.25, -0.2) is 8.78 Å². The van der Waals surface area contributed by atoms with Crippen LogP contribution in [-0.4, -0.2) is 46.6 Å². The largest absolute Gasteiger partial charge is 0.494 e. The van der Waals surface area contributed by atoms with E-state index in [0.717, 1.165) is 23.4 Å². The molecule has 33 heavy (non-hydrogen) atoms. The molecule has 0 spiro atoms. The third-order valence-electron chi connectivity index (χ3n) is 4.74. The Hall–Kier alpha value is -3.82. The number of aromatic nitrogens is 2. The van der Waals surface area contributed by atoms with Gasteiger partial charge in [0.25, 0.3) is 0 Å². The van der Waals surface area contributed by atoms with Crippen molar-refractivity contribution in [1.29, 1.82) is 0 Å². The van der Waals surface area contributed by atoms with Crippen LogP contribution >= 0.6 is 0 Å². The average Bonchev–Trinajstić information content (AvgIpc) is 3.28. The molecule has 0 fully saturated rings. The summed E-state index contributed by atoms with van der Waals surface area (Å²) in [6, 6.07) is 10.5. The summed E-state index contributed by atoms with van der Waals surface area (Å²) >= 11 is 0. The van der Waals surface area contributed by atoms with Crippen molar-refractivity contribution in [3.8, 4) is 17.1 Å². The van der Waals surface area contributed by atoms with Crippen LogP contribution in [0.25, 0.3) is 11.4 Å². The van der Waals surface area contributed by atoms with Crippen molar-refractivity contribution in [2.75, 3.05) is 25.0 Å². The van der Waals surface area contributed by atoms with Crippen LogP contribution in [0.4, 0.5) is 14.5 Å². The summed E-state index contributed by atoms with van der Waals surface area (Å²) in [5, 5.41) is 6.10. The van der Waals surface area contributed by atoms with Gasteiger partial charge in [0.2, 0.25) is 23.5 Å². The molecule has 0 aliphatic heterocycles. The molecular weight excluding hydrogens is 434 g/mol. The zero-order valence-electron chi connectivity index (χ0n) is 18.3. The van der Waals surface area contributed by atoms with E-state index in [9.17, 15) is 18.4 Å². The normalized spacial score (nSPS) is 10.7. The van der Waals surface area contributed by atoms with Gasteiger partial charge in [0.05, 0.1) is 13.2 Å². The topological polar surface area (TPSA) is 97.6 Å². The molecule has 10 heteroatoms. The van der Waals surface area contributed by atoms with Gasteiger partial charge in [-0.15, -0.1) is 0 Å². The van der Waals surface area contributed by atoms with Gasteiger partial charge in [-0.2, -0.15) is 4.98 Å². The van der Waals surface area contributed by atoms with Crippen LogP contribution in [0.5, 0.6) is 5.75 Å². The number of carbonyl (C=O) groups excluding carboxylic acids is 2. The van der Waals surface area contributed by atoms with Crippen LogP contribution in [-0.2, 0) is 16.0 Å². The molecule has 2 amide bonds. The van der Waals surface area contributed by atoms with Gasteiger partial charge < -0.3 is 19.5 Å². The second-order valence-corrected chi connectivity index (χ2v) is 7.02. The number of hydrogen-bond donors (Lipinski definition) is 1. The number of nitrogens with zero attached hydrogens (tertiary/aromatic N) is 3. The third kappa shape index (κ3) is 6.34. The van der Waals surface area contributed by atoms with Gasteiger partial charge in [0.15, 0.2) is 0 Å². The van der Waals surface area contributed by atoms with Crippen molar-refractivity contribution in [2.45, 2.75) is 26.7 Å². The number of nitrogens with one attached hydrogen (secondary N) is 1. The molecule has 0 atom stereocenters. The maximum Gasteiger partial charge on any atom is 0.244 e. The lowest BCUT2D eigenvalue weighted by Crippen LogP contribution is -2.38. The highest BCUT2D eigenvalue weighted by atomic mass is 19.1. The Labute approximate surface area is 189 Å². The van der Waals surface area contributed by atoms with Crippen LogP contribution < -0.4 is 10.1 Å². The quantitative estimate of drug-likeness (QED) is 0.496. The molecule has 3 rings (SSSR count). The van der Waals surface area contributed by atoms with Gasteiger partial charge >= 0.3 is 0 Å². The van der Waals surface area contributed by atoms with E-state index >= 15 is 0 Å². The maximum absolute atomic E-state index is 13.7. The summed E-state index contributed by atoms with van der Waals surface area (Å²) < 4.78 is 38.0. The SMILES string of the molecule is CCOc1ccc(-c2noc(CCC(=O)N(CC)CC(=O)Nc3c(F)cccc3F)n2)cc1. The number of para-hydroxylation sites is 1. The number of hydrogen-bond acceptors (Lipinski definition) is 6. The fourth-order valence-electron chi connectivity index (χ4n) is 3.06. The van der Waals surface area contributed by atoms with Crippen molar-refractivity contribution >= 4 is 17.5 Å². The first-order chi connectivity index (χ1) is 15.9. The summed E-state index contributed by atoms with van der Waals surface area (Å²) in [7, 11) is 0. The van der Waals surface area contributed by atoms with Gasteiger partial charge in [-0.3, -0.25) is 9.59 Å². The lowest BCUT2D eigenvalue weighted by molar-refractivity contribution is -0.134. The molecule has 1 heterocycles. The molecule has 0 aliphatic rings. The Kier molecular flexibility index (Phi) is 8.06. The average molecular weight is 458 g/mol. The summed E-state index contributed by atoms with van der Waals surface area (Å²) in [4.78, 5) is 30.3. The van der Waals surface area contributed by atoms with E-state index in [2.05, 4.69) is 15.5 Å². The number of aryl methyl sites for hydroxylation is 1. The van der Waals surface area contributed by atoms with Crippen LogP contribution in [0.2, 0.25) is 0 Å². The number of rotatable bonds is 10. The molecule has 0 unspecified atom stereocenters. The molecule has 8 nitrogen and oxygen atoms in total. The standard InChI is InChI=1S/C23H24F2N4O4/c1-3-29(14-19(30)26-22-17(24)6-5-7-18(22)25)21(31)13-12-20-27-23(28-33-20)15-8-10-16(11-9-15)32-4-2/h5-11H,3-4,12-14H2,1-2H3,(H,26,30). The molecule has 3 aromatic rings. The molecule has 0 bridgehead atoms. The number of anilines is 1. The molecule has 0 saturated carbocycles. The molecule has 1 aromatic heterocycles. The molecule has 0 radical (unpaired) electrons. The van der Waals surface area contributed by atoms with Gasteiger partial charge in [0, 0.05) is 24.9 Å². The van der Waals surface area contributed by atoms with Crippen LogP contribution in [0.1, 0.15) is 26.2 Å². The highest BCUT2D eigenvalue weighted by Crippen LogP contribution is 2.21. The first kappa shape index (κ1) is 23.8. The second-order valence-electron chi connectivity index (χ2n) is 7.02. The third-order valence-corrected chi connectivity index (χ3v) is 4.74. The van der Waals surface area contributed by atoms with Gasteiger partial charge in [-0.05, 0) is 50.2 Å². The van der Waals surface area contributed by atoms with Crippen molar-refractivity contribution in [3.63, 3.8) is 0 Å². The predicted octanol–water partition coefficient (Wildman–Crippen LogP) is 3.83. The molecule has 0 saturated heterocycles. The first-order valence-corrected chi connectivity index (χ1v) is 10.5. The predicted molar refractivity (Wildman–Crippen MR) is 116 cm³/mol. The lowest BCUT2D eigenvalue weighted by Gasteiger charge is -2.20. The van der Waals surface area contributed by atoms with E-state index < -0.39 is 23.2 Å². The molecule has 174 valence electrons. The van der Waals surface area contributed by atoms with Crippen molar-refractivity contribution in [3.05, 3.63) is 60.0 Å². The summed E-state index contributed by atoms with van der Waals surface area (Å²) in [6.07, 6.45) is 0.211. The van der Waals surface area contributed by atoms with Crippen molar-refractivity contribution < 1.29 is 27.6 Å². The number of carbonyl (C=O) groups is 2. The lowest BCUT2D eigenvalue weighted by atomic mass is 10.2. The Morgan fingerprint density at radius 2 is 1.79 bits per heavy atom. The minimum atomic E-state index is -0.891. The van der Waals surface area contributed by atoms with E-state index in [-0.39, 0.29) is 37.7 Å². The molecular formula is C23H24F2N4O4. The van der Waals surface area contributed by atoms with Crippen LogP contribution in [0, 0.1) is 11.6 Å². The number of benzene rings is 2. The van der Waals surface area contributed by atoms with Crippen LogP contribution in [0.15, 0.2) is 47.0 Å². The minimum absolute atomic E-state index is 0.0279. The van der Waals surface area contributed by atoms with E-state index in [0.29, 0.717) is 12.4 Å². The van der Waals surface area contributed by atoms with Crippen LogP contribution in [0.3, 0.4) is 0 Å². The number of amides is 2. The second kappa shape index (κ2) is 11.2. The van der Waals surface area contributed by atoms with E-state index in [1.807, 2.05) is 6.92 Å². The minimum Gasteiger partial charge on any atom is -0.494 e. The number of halogens is 2. The zero-order valence-corrected chi connectivity index (χ0v) is 18.3. The summed E-state index contributed by atoms with van der Waals surface area (Å²) in [5.41, 5.74) is 0.200. The summed E-state index contributed by atoms with van der Waals surface area (Å²) in [6.45, 7) is 4.06. The van der Waals surface area contributed by atoms with Crippen molar-refractivity contribution in [1.82, 2.24) is 15.0 Å². The zero-order chi connectivity index (χ0) is 23.8. The van der Waals surface area contributed by atoms with E-state index in [1.165, 1.54) is 11.0 Å². The Morgan fingerprint density at radius 1 is 1.09 bits per heavy atom. The fourth-order valence-corrected chi connectivity index (χ4v) is 3.06. The van der Waals surface area contributed by atoms with Gasteiger partial charge in [-0.1, -0.05) is 11.2 Å². The maximum atomic E-state index is 13.7. The highest BCUT2D eigenvalue weighted by molar-refractivity contribution is 5.94. The Morgan fingerprint density at radius 3 is 2.42 bits per heavy atom. The van der Waals surface area contributed by atoms with E-state index in [4.69, 9.17) is 9.26 Å². The molecule has 1 N–H and O–H groups in total. The van der Waals surface area contributed by atoms with E-state index in [1.54, 1.807) is 31.2 Å². The first-order valence-electron chi connectivity index (χ1n) is 10.5. The monoisotopic (exact) mass is 458 g/mol. The number of ether oxygens (including phenoxy) is 1. The highest BCUT2D eigenvalue weighted by Gasteiger charge is 2.19. The summed E-state index contributed by atoms with van der Waals surface area (Å²) in [5.74, 6) is -1.42.